The number of fused-ring (bicyclic) bond motifs is 2. The van der Waals surface area contributed by atoms with E-state index in [1.54, 1.807) is 24.4 Å². The van der Waals surface area contributed by atoms with E-state index in [0.29, 0.717) is 36.0 Å². The minimum atomic E-state index is -4.78. The van der Waals surface area contributed by atoms with Crippen LogP contribution in [0.1, 0.15) is 27.1 Å². The lowest BCUT2D eigenvalue weighted by molar-refractivity contribution is -0.274. The van der Waals surface area contributed by atoms with Gasteiger partial charge in [0.25, 0.3) is 5.91 Å². The van der Waals surface area contributed by atoms with E-state index in [-0.39, 0.29) is 23.0 Å². The molecule has 5 rings (SSSR count). The van der Waals surface area contributed by atoms with Crippen molar-refractivity contribution in [3.8, 4) is 5.75 Å². The zero-order valence-electron chi connectivity index (χ0n) is 18.5. The second-order valence-electron chi connectivity index (χ2n) is 8.81. The number of amides is 1. The molecule has 1 aromatic heterocycles. The van der Waals surface area contributed by atoms with E-state index in [1.807, 2.05) is 4.90 Å². The fraction of sp³-hybridized carbons (Fsp3) is 0.333. The summed E-state index contributed by atoms with van der Waals surface area (Å²) in [5, 5.41) is 10.5. The van der Waals surface area contributed by atoms with Crippen molar-refractivity contribution >= 4 is 22.7 Å². The van der Waals surface area contributed by atoms with Gasteiger partial charge in [-0.2, -0.15) is 0 Å². The van der Waals surface area contributed by atoms with Gasteiger partial charge in [-0.25, -0.2) is 0 Å². The van der Waals surface area contributed by atoms with Gasteiger partial charge in [-0.1, -0.05) is 5.21 Å². The highest BCUT2D eigenvalue weighted by atomic mass is 19.4. The van der Waals surface area contributed by atoms with E-state index < -0.39 is 6.36 Å². The van der Waals surface area contributed by atoms with Gasteiger partial charge >= 0.3 is 6.36 Å². The van der Waals surface area contributed by atoms with E-state index in [4.69, 9.17) is 0 Å². The molecule has 8 nitrogen and oxygen atoms in total. The molecule has 0 saturated carbocycles. The van der Waals surface area contributed by atoms with Gasteiger partial charge in [-0.3, -0.25) is 14.7 Å². The van der Waals surface area contributed by atoms with Crippen molar-refractivity contribution in [3.05, 3.63) is 65.9 Å². The average Bonchev–Trinajstić information content (AvgIpc) is 3.47. The Morgan fingerprint density at radius 1 is 1.03 bits per heavy atom. The van der Waals surface area contributed by atoms with Crippen molar-refractivity contribution in [1.29, 1.82) is 0 Å². The van der Waals surface area contributed by atoms with Crippen LogP contribution in [0.2, 0.25) is 0 Å². The third-order valence-corrected chi connectivity index (χ3v) is 6.50. The third-order valence-electron chi connectivity index (χ3n) is 6.50. The molecule has 2 aliphatic rings. The van der Waals surface area contributed by atoms with Crippen LogP contribution in [-0.4, -0.2) is 69.4 Å². The molecule has 35 heavy (non-hydrogen) atoms. The van der Waals surface area contributed by atoms with Crippen molar-refractivity contribution in [3.63, 3.8) is 0 Å². The summed E-state index contributed by atoms with van der Waals surface area (Å²) in [5.41, 5.74) is 2.28. The molecule has 0 radical (unpaired) electrons. The van der Waals surface area contributed by atoms with Crippen molar-refractivity contribution in [2.75, 3.05) is 26.2 Å². The van der Waals surface area contributed by atoms with E-state index in [9.17, 15) is 22.8 Å². The van der Waals surface area contributed by atoms with Crippen LogP contribution in [0.4, 0.5) is 13.2 Å². The number of hydrogen-bond donors (Lipinski definition) is 1. The summed E-state index contributed by atoms with van der Waals surface area (Å²) in [4.78, 5) is 29.4. The maximum absolute atomic E-state index is 13.0. The van der Waals surface area contributed by atoms with E-state index in [2.05, 4.69) is 25.0 Å². The second-order valence-corrected chi connectivity index (χ2v) is 8.81. The van der Waals surface area contributed by atoms with Gasteiger partial charge < -0.3 is 14.5 Å². The molecule has 1 amide bonds. The maximum atomic E-state index is 13.0. The van der Waals surface area contributed by atoms with Crippen LogP contribution < -0.4 is 4.74 Å². The molecular weight excluding hydrogens is 463 g/mol. The van der Waals surface area contributed by atoms with Crippen LogP contribution >= 0.6 is 0 Å². The van der Waals surface area contributed by atoms with Crippen LogP contribution in [0, 0.1) is 11.8 Å². The first-order chi connectivity index (χ1) is 16.7. The lowest BCUT2D eigenvalue weighted by Crippen LogP contribution is -2.36. The molecule has 0 unspecified atom stereocenters. The topological polar surface area (TPSA) is 91.4 Å². The summed E-state index contributed by atoms with van der Waals surface area (Å²) in [6.45, 7) is 2.82. The van der Waals surface area contributed by atoms with Gasteiger partial charge in [-0.05, 0) is 60.7 Å². The Kier molecular flexibility index (Phi) is 5.91. The Morgan fingerprint density at radius 2 is 1.77 bits per heavy atom. The molecule has 0 spiro atoms. The highest BCUT2D eigenvalue weighted by Crippen LogP contribution is 2.32. The highest BCUT2D eigenvalue weighted by Gasteiger charge is 2.38. The monoisotopic (exact) mass is 485 g/mol. The molecule has 2 aromatic carbocycles. The standard InChI is InChI=1S/C24H22F3N5O3/c25-24(26,27)35-19-4-1-15(2-5-19)22(33)8-10-31-9-7-17-13-32(14-18(17)12-31)23(34)16-3-6-20-21(11-16)29-30-28-20/h1-6,8,10-11,17-18H,7,9,12-14H2,(H,28,29,30)/b10-8+/t17-,18-/m1/s1. The summed E-state index contributed by atoms with van der Waals surface area (Å²) < 4.78 is 40.7. The zero-order valence-corrected chi connectivity index (χ0v) is 18.5. The Balaban J connectivity index is 1.17. The van der Waals surface area contributed by atoms with E-state index >= 15 is 0 Å². The number of halogens is 3. The molecule has 2 fully saturated rings. The lowest BCUT2D eigenvalue weighted by atomic mass is 9.89. The van der Waals surface area contributed by atoms with Crippen LogP contribution in [0.3, 0.4) is 0 Å². The predicted octanol–water partition coefficient (Wildman–Crippen LogP) is 3.65. The number of H-pyrrole nitrogens is 1. The van der Waals surface area contributed by atoms with Gasteiger partial charge in [0.05, 0.1) is 5.52 Å². The smallest absolute Gasteiger partial charge is 0.406 e. The number of benzene rings is 2. The van der Waals surface area contributed by atoms with Gasteiger partial charge in [0.15, 0.2) is 5.78 Å². The lowest BCUT2D eigenvalue weighted by Gasteiger charge is -2.33. The summed E-state index contributed by atoms with van der Waals surface area (Å²) in [6, 6.07) is 10.1. The largest absolute Gasteiger partial charge is 0.573 e. The molecule has 3 aromatic rings. The number of ketones is 1. The number of carbonyl (C=O) groups excluding carboxylic acids is 2. The first-order valence-electron chi connectivity index (χ1n) is 11.2. The normalized spacial score (nSPS) is 20.4. The number of allylic oxidation sites excluding steroid dienone is 1. The van der Waals surface area contributed by atoms with Crippen LogP contribution in [0.15, 0.2) is 54.7 Å². The molecule has 2 atom stereocenters. The average molecular weight is 485 g/mol. The number of hydrogen-bond acceptors (Lipinski definition) is 6. The van der Waals surface area contributed by atoms with Crippen LogP contribution in [0.5, 0.6) is 5.75 Å². The van der Waals surface area contributed by atoms with Crippen molar-refractivity contribution in [2.45, 2.75) is 12.8 Å². The van der Waals surface area contributed by atoms with Crippen molar-refractivity contribution in [2.24, 2.45) is 11.8 Å². The minimum Gasteiger partial charge on any atom is -0.406 e. The summed E-state index contributed by atoms with van der Waals surface area (Å²) >= 11 is 0. The number of nitrogens with zero attached hydrogens (tertiary/aromatic N) is 4. The SMILES string of the molecule is O=C(/C=C/N1CC[C@@H]2CN(C(=O)c3ccc4[nH]nnc4c3)C[C@H]2C1)c1ccc(OC(F)(F)F)cc1. The van der Waals surface area contributed by atoms with E-state index in [0.717, 1.165) is 37.2 Å². The van der Waals surface area contributed by atoms with Gasteiger partial charge in [0.2, 0.25) is 0 Å². The Hall–Kier alpha value is -3.89. The molecular formula is C24H22F3N5O3. The van der Waals surface area contributed by atoms with Gasteiger partial charge in [0.1, 0.15) is 11.3 Å². The molecule has 0 bridgehead atoms. The highest BCUT2D eigenvalue weighted by molar-refractivity contribution is 6.04. The number of alkyl halides is 3. The van der Waals surface area contributed by atoms with E-state index in [1.165, 1.54) is 18.2 Å². The van der Waals surface area contributed by atoms with Gasteiger partial charge in [0, 0.05) is 49.6 Å². The summed E-state index contributed by atoms with van der Waals surface area (Å²) in [6.07, 6.45) is -0.728. The number of likely N-dealkylation sites (tertiary alicyclic amines) is 2. The fourth-order valence-electron chi connectivity index (χ4n) is 4.75. The number of piperidine rings is 1. The molecule has 11 heteroatoms. The maximum Gasteiger partial charge on any atom is 0.573 e. The Bertz CT molecular complexity index is 1270. The van der Waals surface area contributed by atoms with Gasteiger partial charge in [-0.15, -0.1) is 18.3 Å². The number of rotatable bonds is 5. The molecule has 3 heterocycles. The summed E-state index contributed by atoms with van der Waals surface area (Å²) in [5.74, 6) is -0.0173. The molecule has 2 saturated heterocycles. The minimum absolute atomic E-state index is 0.0282. The molecule has 182 valence electrons. The number of aromatic amines is 1. The molecule has 1 N–H and O–H groups in total. The Labute approximate surface area is 198 Å². The zero-order chi connectivity index (χ0) is 24.6. The van der Waals surface area contributed by atoms with Crippen LogP contribution in [0.25, 0.3) is 11.0 Å². The number of aromatic nitrogens is 3. The fourth-order valence-corrected chi connectivity index (χ4v) is 4.75. The van der Waals surface area contributed by atoms with Crippen LogP contribution in [-0.2, 0) is 0 Å². The summed E-state index contributed by atoms with van der Waals surface area (Å²) in [7, 11) is 0. The van der Waals surface area contributed by atoms with Crippen molar-refractivity contribution in [1.82, 2.24) is 25.2 Å². The Morgan fingerprint density at radius 3 is 2.54 bits per heavy atom. The number of carbonyl (C=O) groups is 2. The number of nitrogens with one attached hydrogen (secondary N) is 1. The first kappa shape index (κ1) is 22.9. The molecule has 2 aliphatic heterocycles. The second kappa shape index (κ2) is 9.05. The third kappa shape index (κ3) is 5.13. The predicted molar refractivity (Wildman–Crippen MR) is 120 cm³/mol. The first-order valence-corrected chi connectivity index (χ1v) is 11.2. The number of ether oxygens (including phenoxy) is 1. The molecule has 0 aliphatic carbocycles. The quantitative estimate of drug-likeness (QED) is 0.438. The van der Waals surface area contributed by atoms with Crippen molar-refractivity contribution < 1.29 is 27.5 Å².